The molecule has 0 spiro atoms. The monoisotopic (exact) mass is 333 g/mol. The van der Waals surface area contributed by atoms with Crippen LogP contribution in [0, 0.1) is 0 Å². The van der Waals surface area contributed by atoms with Gasteiger partial charge in [-0.2, -0.15) is 0 Å². The van der Waals surface area contributed by atoms with Gasteiger partial charge in [0.05, 0.1) is 26.7 Å². The van der Waals surface area contributed by atoms with Gasteiger partial charge in [0.25, 0.3) is 0 Å². The van der Waals surface area contributed by atoms with Gasteiger partial charge in [0.2, 0.25) is 5.91 Å². The topological polar surface area (TPSA) is 47.6 Å². The molecule has 2 aromatic rings. The van der Waals surface area contributed by atoms with Crippen LogP contribution in [-0.4, -0.2) is 20.1 Å². The Morgan fingerprint density at radius 1 is 1.13 bits per heavy atom. The van der Waals surface area contributed by atoms with Crippen molar-refractivity contribution < 1.29 is 14.3 Å². The molecule has 2 aromatic carbocycles. The van der Waals surface area contributed by atoms with Gasteiger partial charge >= 0.3 is 0 Å². The average molecular weight is 334 g/mol. The van der Waals surface area contributed by atoms with Gasteiger partial charge < -0.3 is 14.8 Å². The minimum atomic E-state index is -0.101. The van der Waals surface area contributed by atoms with Crippen molar-refractivity contribution in [3.8, 4) is 11.5 Å². The van der Waals surface area contributed by atoms with E-state index in [2.05, 4.69) is 5.32 Å². The molecular weight excluding hydrogens is 314 g/mol. The molecule has 2 rings (SSSR count). The Morgan fingerprint density at radius 3 is 2.43 bits per heavy atom. The van der Waals surface area contributed by atoms with Gasteiger partial charge in [-0.25, -0.2) is 0 Å². The van der Waals surface area contributed by atoms with E-state index in [4.69, 9.17) is 21.1 Å². The van der Waals surface area contributed by atoms with Gasteiger partial charge in [-0.1, -0.05) is 23.7 Å². The Kier molecular flexibility index (Phi) is 5.88. The minimum absolute atomic E-state index is 0.0843. The number of carbonyl (C=O) groups is 1. The lowest BCUT2D eigenvalue weighted by Crippen LogP contribution is -2.28. The third kappa shape index (κ3) is 4.63. The molecule has 0 aliphatic carbocycles. The number of amides is 1. The highest BCUT2D eigenvalue weighted by atomic mass is 35.5. The molecule has 0 bridgehead atoms. The van der Waals surface area contributed by atoms with Crippen molar-refractivity contribution >= 4 is 17.5 Å². The van der Waals surface area contributed by atoms with Crippen LogP contribution in [0.4, 0.5) is 0 Å². The molecule has 0 aliphatic heterocycles. The fraction of sp³-hybridized carbons (Fsp3) is 0.278. The second kappa shape index (κ2) is 7.88. The SMILES string of the molecule is COc1ccc(OC)c(CC(=O)N[C@@H](C)c2ccc(Cl)cc2)c1. The van der Waals surface area contributed by atoms with E-state index in [0.29, 0.717) is 16.5 Å². The Hall–Kier alpha value is -2.20. The molecule has 0 saturated heterocycles. The highest BCUT2D eigenvalue weighted by molar-refractivity contribution is 6.30. The third-order valence-corrected chi connectivity index (χ3v) is 3.84. The maximum Gasteiger partial charge on any atom is 0.225 e. The first kappa shape index (κ1) is 17.2. The smallest absolute Gasteiger partial charge is 0.225 e. The van der Waals surface area contributed by atoms with Crippen LogP contribution >= 0.6 is 11.6 Å². The van der Waals surface area contributed by atoms with Crippen LogP contribution in [0.25, 0.3) is 0 Å². The number of rotatable bonds is 6. The molecule has 0 aliphatic rings. The van der Waals surface area contributed by atoms with Crippen LogP contribution in [0.2, 0.25) is 5.02 Å². The molecule has 23 heavy (non-hydrogen) atoms. The quantitative estimate of drug-likeness (QED) is 0.875. The van der Waals surface area contributed by atoms with Crippen molar-refractivity contribution in [1.29, 1.82) is 0 Å². The fourth-order valence-electron chi connectivity index (χ4n) is 2.32. The first-order valence-corrected chi connectivity index (χ1v) is 7.67. The number of methoxy groups -OCH3 is 2. The maximum absolute atomic E-state index is 12.3. The van der Waals surface area contributed by atoms with Crippen molar-refractivity contribution in [3.05, 3.63) is 58.6 Å². The largest absolute Gasteiger partial charge is 0.497 e. The van der Waals surface area contributed by atoms with Crippen LogP contribution in [-0.2, 0) is 11.2 Å². The summed E-state index contributed by atoms with van der Waals surface area (Å²) in [6.07, 6.45) is 0.221. The summed E-state index contributed by atoms with van der Waals surface area (Å²) < 4.78 is 10.5. The van der Waals surface area contributed by atoms with E-state index in [0.717, 1.165) is 11.1 Å². The molecular formula is C18H20ClNO3. The molecule has 0 fully saturated rings. The van der Waals surface area contributed by atoms with Gasteiger partial charge in [0.15, 0.2) is 0 Å². The molecule has 1 atom stereocenters. The van der Waals surface area contributed by atoms with E-state index in [1.165, 1.54) is 0 Å². The van der Waals surface area contributed by atoms with Crippen LogP contribution in [0.3, 0.4) is 0 Å². The predicted molar refractivity (Wildman–Crippen MR) is 91.3 cm³/mol. The highest BCUT2D eigenvalue weighted by Crippen LogP contribution is 2.24. The van der Waals surface area contributed by atoms with E-state index in [1.54, 1.807) is 26.4 Å². The Bertz CT molecular complexity index is 670. The van der Waals surface area contributed by atoms with Gasteiger partial charge in [-0.3, -0.25) is 4.79 Å². The fourth-order valence-corrected chi connectivity index (χ4v) is 2.45. The number of nitrogens with one attached hydrogen (secondary N) is 1. The Morgan fingerprint density at radius 2 is 1.83 bits per heavy atom. The highest BCUT2D eigenvalue weighted by Gasteiger charge is 2.13. The van der Waals surface area contributed by atoms with Gasteiger partial charge in [-0.05, 0) is 42.8 Å². The van der Waals surface area contributed by atoms with Gasteiger partial charge in [0, 0.05) is 10.6 Å². The number of carbonyl (C=O) groups excluding carboxylic acids is 1. The number of halogens is 1. The third-order valence-electron chi connectivity index (χ3n) is 3.59. The first-order valence-electron chi connectivity index (χ1n) is 7.29. The van der Waals surface area contributed by atoms with Crippen molar-refractivity contribution in [1.82, 2.24) is 5.32 Å². The van der Waals surface area contributed by atoms with Crippen LogP contribution < -0.4 is 14.8 Å². The summed E-state index contributed by atoms with van der Waals surface area (Å²) in [5, 5.41) is 3.65. The van der Waals surface area contributed by atoms with Crippen molar-refractivity contribution in [2.75, 3.05) is 14.2 Å². The molecule has 1 N–H and O–H groups in total. The maximum atomic E-state index is 12.3. The lowest BCUT2D eigenvalue weighted by molar-refractivity contribution is -0.121. The Labute approximate surface area is 141 Å². The van der Waals surface area contributed by atoms with Crippen molar-refractivity contribution in [2.45, 2.75) is 19.4 Å². The molecule has 0 unspecified atom stereocenters. The van der Waals surface area contributed by atoms with E-state index in [-0.39, 0.29) is 18.4 Å². The predicted octanol–water partition coefficient (Wildman–Crippen LogP) is 3.78. The molecule has 0 heterocycles. The standard InChI is InChI=1S/C18H20ClNO3/c1-12(13-4-6-15(19)7-5-13)20-18(21)11-14-10-16(22-2)8-9-17(14)23-3/h4-10,12H,11H2,1-3H3,(H,20,21)/t12-/m0/s1. The van der Waals surface area contributed by atoms with Gasteiger partial charge in [-0.15, -0.1) is 0 Å². The summed E-state index contributed by atoms with van der Waals surface area (Å²) in [6, 6.07) is 12.7. The van der Waals surface area contributed by atoms with Crippen LogP contribution in [0.1, 0.15) is 24.1 Å². The molecule has 1 amide bonds. The van der Waals surface area contributed by atoms with Gasteiger partial charge in [0.1, 0.15) is 11.5 Å². The zero-order valence-electron chi connectivity index (χ0n) is 13.4. The summed E-state index contributed by atoms with van der Waals surface area (Å²) in [4.78, 5) is 12.3. The zero-order chi connectivity index (χ0) is 16.8. The average Bonchev–Trinajstić information content (AvgIpc) is 2.55. The summed E-state index contributed by atoms with van der Waals surface area (Å²) >= 11 is 5.88. The number of benzene rings is 2. The summed E-state index contributed by atoms with van der Waals surface area (Å²) in [5.41, 5.74) is 1.79. The number of hydrogen-bond donors (Lipinski definition) is 1. The van der Waals surface area contributed by atoms with Crippen molar-refractivity contribution in [2.24, 2.45) is 0 Å². The minimum Gasteiger partial charge on any atom is -0.497 e. The zero-order valence-corrected chi connectivity index (χ0v) is 14.2. The van der Waals surface area contributed by atoms with E-state index >= 15 is 0 Å². The lowest BCUT2D eigenvalue weighted by atomic mass is 10.1. The Balaban J connectivity index is 2.05. The normalized spacial score (nSPS) is 11.7. The second-order valence-corrected chi connectivity index (χ2v) is 5.63. The van der Waals surface area contributed by atoms with Crippen LogP contribution in [0.5, 0.6) is 11.5 Å². The van der Waals surface area contributed by atoms with E-state index in [9.17, 15) is 4.79 Å². The van der Waals surface area contributed by atoms with Crippen LogP contribution in [0.15, 0.2) is 42.5 Å². The number of ether oxygens (including phenoxy) is 2. The molecule has 5 heteroatoms. The molecule has 4 nitrogen and oxygen atoms in total. The number of hydrogen-bond acceptors (Lipinski definition) is 3. The van der Waals surface area contributed by atoms with E-state index in [1.807, 2.05) is 37.3 Å². The summed E-state index contributed by atoms with van der Waals surface area (Å²) in [6.45, 7) is 1.93. The molecule has 0 saturated carbocycles. The lowest BCUT2D eigenvalue weighted by Gasteiger charge is -2.15. The van der Waals surface area contributed by atoms with Crippen molar-refractivity contribution in [3.63, 3.8) is 0 Å². The molecule has 0 radical (unpaired) electrons. The molecule has 122 valence electrons. The van der Waals surface area contributed by atoms with E-state index < -0.39 is 0 Å². The molecule has 0 aromatic heterocycles. The second-order valence-electron chi connectivity index (χ2n) is 5.20. The summed E-state index contributed by atoms with van der Waals surface area (Å²) in [5.74, 6) is 1.28. The summed E-state index contributed by atoms with van der Waals surface area (Å²) in [7, 11) is 3.17. The first-order chi connectivity index (χ1) is 11.0.